The third kappa shape index (κ3) is 2.22. The minimum atomic E-state index is 0.482. The summed E-state index contributed by atoms with van der Waals surface area (Å²) in [5.41, 5.74) is 1.84. The molecule has 0 amide bonds. The van der Waals surface area contributed by atoms with Gasteiger partial charge in [-0.3, -0.25) is 0 Å². The Hall–Kier alpha value is -0.500. The first kappa shape index (κ1) is 12.3. The van der Waals surface area contributed by atoms with E-state index in [2.05, 4.69) is 51.6 Å². The Morgan fingerprint density at radius 2 is 1.74 bits per heavy atom. The molecule has 5 rings (SSSR count). The second-order valence-corrected chi connectivity index (χ2v) is 9.01. The highest BCUT2D eigenvalue weighted by atomic mass is 79.9. The molecule has 1 aromatic rings. The quantitative estimate of drug-likeness (QED) is 0.786. The Morgan fingerprint density at radius 3 is 2.37 bits per heavy atom. The highest BCUT2D eigenvalue weighted by Gasteiger charge is 2.56. The molecule has 4 saturated carbocycles. The number of hydrogen-bond acceptors (Lipinski definition) is 1. The van der Waals surface area contributed by atoms with Gasteiger partial charge in [0.1, 0.15) is 0 Å². The fraction of sp³-hybridized carbons (Fsp3) is 0.647. The van der Waals surface area contributed by atoms with Crippen molar-refractivity contribution in [1.82, 2.24) is 0 Å². The third-order valence-electron chi connectivity index (χ3n) is 5.55. The summed E-state index contributed by atoms with van der Waals surface area (Å²) in [6.07, 6.45) is 8.65. The van der Waals surface area contributed by atoms with Crippen LogP contribution in [0.15, 0.2) is 30.3 Å². The van der Waals surface area contributed by atoms with Gasteiger partial charge in [0.15, 0.2) is 0 Å². The van der Waals surface area contributed by atoms with Gasteiger partial charge in [-0.05, 0) is 67.9 Å². The lowest BCUT2D eigenvalue weighted by atomic mass is 9.49. The summed E-state index contributed by atoms with van der Waals surface area (Å²) >= 11 is 4.09. The third-order valence-corrected chi connectivity index (χ3v) is 6.48. The Bertz CT molecular complexity index is 455. The Morgan fingerprint density at radius 1 is 1.05 bits per heavy atom. The molecule has 0 aromatic heterocycles. The van der Waals surface area contributed by atoms with Gasteiger partial charge >= 0.3 is 0 Å². The van der Waals surface area contributed by atoms with Crippen LogP contribution in [0.3, 0.4) is 0 Å². The molecular weight excluding hydrogens is 298 g/mol. The maximum atomic E-state index is 4.09. The van der Waals surface area contributed by atoms with E-state index in [1.54, 1.807) is 0 Å². The lowest BCUT2D eigenvalue weighted by Gasteiger charge is -2.60. The van der Waals surface area contributed by atoms with Crippen molar-refractivity contribution in [3.05, 3.63) is 30.3 Å². The van der Waals surface area contributed by atoms with Crippen LogP contribution in [0, 0.1) is 17.3 Å². The largest absolute Gasteiger partial charge is 0.384 e. The Labute approximate surface area is 124 Å². The van der Waals surface area contributed by atoms with Gasteiger partial charge in [0.25, 0.3) is 0 Å². The molecule has 0 heterocycles. The lowest BCUT2D eigenvalue weighted by molar-refractivity contribution is -0.0262. The number of halogens is 1. The minimum Gasteiger partial charge on any atom is -0.384 e. The summed E-state index contributed by atoms with van der Waals surface area (Å²) < 4.78 is 0.482. The monoisotopic (exact) mass is 319 g/mol. The number of alkyl halides is 1. The molecule has 0 saturated heterocycles. The second-order valence-electron chi connectivity index (χ2n) is 7.33. The number of hydrogen-bond donors (Lipinski definition) is 1. The lowest BCUT2D eigenvalue weighted by Crippen LogP contribution is -2.55. The summed E-state index contributed by atoms with van der Waals surface area (Å²) in [5, 5.41) is 3.70. The van der Waals surface area contributed by atoms with E-state index in [9.17, 15) is 0 Å². The molecule has 4 bridgehead atoms. The van der Waals surface area contributed by atoms with Crippen molar-refractivity contribution in [2.75, 3.05) is 11.9 Å². The Kier molecular flexibility index (Phi) is 2.74. The van der Waals surface area contributed by atoms with Gasteiger partial charge in [-0.2, -0.15) is 0 Å². The van der Waals surface area contributed by atoms with Crippen molar-refractivity contribution < 1.29 is 0 Å². The molecule has 1 nitrogen and oxygen atoms in total. The summed E-state index contributed by atoms with van der Waals surface area (Å²) in [7, 11) is 0. The van der Waals surface area contributed by atoms with Crippen LogP contribution >= 0.6 is 15.9 Å². The average molecular weight is 320 g/mol. The van der Waals surface area contributed by atoms with E-state index >= 15 is 0 Å². The molecule has 1 N–H and O–H groups in total. The van der Waals surface area contributed by atoms with Gasteiger partial charge in [-0.25, -0.2) is 0 Å². The van der Waals surface area contributed by atoms with Gasteiger partial charge in [0.05, 0.1) is 0 Å². The van der Waals surface area contributed by atoms with E-state index in [0.717, 1.165) is 18.4 Å². The molecule has 2 heteroatoms. The molecule has 2 atom stereocenters. The summed E-state index contributed by atoms with van der Waals surface area (Å²) in [6.45, 7) is 1.16. The first-order valence-electron chi connectivity index (χ1n) is 7.63. The topological polar surface area (TPSA) is 12.0 Å². The maximum Gasteiger partial charge on any atom is 0.0340 e. The number of nitrogens with one attached hydrogen (secondary N) is 1. The van der Waals surface area contributed by atoms with Crippen LogP contribution in [0.5, 0.6) is 0 Å². The van der Waals surface area contributed by atoms with E-state index in [4.69, 9.17) is 0 Å². The zero-order valence-corrected chi connectivity index (χ0v) is 13.0. The fourth-order valence-corrected chi connectivity index (χ4v) is 6.90. The van der Waals surface area contributed by atoms with Gasteiger partial charge in [0, 0.05) is 16.6 Å². The molecule has 0 radical (unpaired) electrons. The van der Waals surface area contributed by atoms with Crippen LogP contribution in [0.4, 0.5) is 5.69 Å². The van der Waals surface area contributed by atoms with Crippen LogP contribution < -0.4 is 5.32 Å². The molecular formula is C17H22BrN. The van der Waals surface area contributed by atoms with Gasteiger partial charge < -0.3 is 5.32 Å². The molecule has 4 aliphatic carbocycles. The van der Waals surface area contributed by atoms with Crippen molar-refractivity contribution in [3.63, 3.8) is 0 Å². The molecule has 2 unspecified atom stereocenters. The summed E-state index contributed by atoms with van der Waals surface area (Å²) in [5.74, 6) is 1.97. The van der Waals surface area contributed by atoms with Gasteiger partial charge in [-0.15, -0.1) is 0 Å². The van der Waals surface area contributed by atoms with Crippen LogP contribution in [0.1, 0.15) is 38.5 Å². The normalized spacial score (nSPS) is 43.4. The zero-order chi connectivity index (χ0) is 12.9. The highest BCUT2D eigenvalue weighted by molar-refractivity contribution is 9.10. The first-order valence-corrected chi connectivity index (χ1v) is 8.42. The van der Waals surface area contributed by atoms with Crippen molar-refractivity contribution in [2.45, 2.75) is 42.8 Å². The maximum absolute atomic E-state index is 4.09. The first-order chi connectivity index (χ1) is 9.15. The molecule has 19 heavy (non-hydrogen) atoms. The number of para-hydroxylation sites is 1. The van der Waals surface area contributed by atoms with Crippen molar-refractivity contribution in [2.24, 2.45) is 17.3 Å². The number of benzene rings is 1. The average Bonchev–Trinajstić information content (AvgIpc) is 2.35. The number of rotatable bonds is 3. The minimum absolute atomic E-state index is 0.482. The fourth-order valence-electron chi connectivity index (χ4n) is 5.39. The SMILES string of the molecule is BrC12CC3CC(C1)CC(CNc1ccccc1)(C3)C2. The number of anilines is 1. The smallest absolute Gasteiger partial charge is 0.0340 e. The molecule has 1 aromatic carbocycles. The predicted octanol–water partition coefficient (Wildman–Crippen LogP) is 4.83. The van der Waals surface area contributed by atoms with E-state index in [-0.39, 0.29) is 0 Å². The van der Waals surface area contributed by atoms with Crippen LogP contribution in [-0.4, -0.2) is 10.9 Å². The highest BCUT2D eigenvalue weighted by Crippen LogP contribution is 2.64. The Balaban J connectivity index is 1.51. The summed E-state index contributed by atoms with van der Waals surface area (Å²) in [4.78, 5) is 0. The van der Waals surface area contributed by atoms with E-state index in [0.29, 0.717) is 9.74 Å². The van der Waals surface area contributed by atoms with E-state index in [1.807, 2.05) is 0 Å². The summed E-state index contributed by atoms with van der Waals surface area (Å²) in [6, 6.07) is 10.7. The molecule has 4 fully saturated rings. The van der Waals surface area contributed by atoms with Crippen molar-refractivity contribution in [3.8, 4) is 0 Å². The standard InChI is InChI=1S/C17H22BrN/c18-17-9-13-6-14(10-17)8-16(7-13,11-17)12-19-15-4-2-1-3-5-15/h1-5,13-14,19H,6-12H2. The second kappa shape index (κ2) is 4.25. The van der Waals surface area contributed by atoms with Crippen LogP contribution in [0.2, 0.25) is 0 Å². The van der Waals surface area contributed by atoms with Crippen molar-refractivity contribution >= 4 is 21.6 Å². The van der Waals surface area contributed by atoms with Crippen molar-refractivity contribution in [1.29, 1.82) is 0 Å². The zero-order valence-electron chi connectivity index (χ0n) is 11.4. The molecule has 0 spiro atoms. The molecule has 0 aliphatic heterocycles. The molecule has 4 aliphatic rings. The van der Waals surface area contributed by atoms with E-state index in [1.165, 1.54) is 44.2 Å². The van der Waals surface area contributed by atoms with Crippen LogP contribution in [0.25, 0.3) is 0 Å². The predicted molar refractivity (Wildman–Crippen MR) is 83.7 cm³/mol. The van der Waals surface area contributed by atoms with Crippen LogP contribution in [-0.2, 0) is 0 Å². The molecule has 102 valence electrons. The van der Waals surface area contributed by atoms with Gasteiger partial charge in [0.2, 0.25) is 0 Å². The van der Waals surface area contributed by atoms with E-state index < -0.39 is 0 Å². The van der Waals surface area contributed by atoms with Gasteiger partial charge in [-0.1, -0.05) is 34.1 Å².